The van der Waals surface area contributed by atoms with Gasteiger partial charge in [-0.3, -0.25) is 13.9 Å². The van der Waals surface area contributed by atoms with E-state index >= 15 is 0 Å². The zero-order valence-electron chi connectivity index (χ0n) is 11.9. The third-order valence-corrected chi connectivity index (χ3v) is 3.51. The Morgan fingerprint density at radius 1 is 1.10 bits per heavy atom. The molecule has 0 N–H and O–H groups in total. The quantitative estimate of drug-likeness (QED) is 0.742. The molecule has 0 aliphatic rings. The van der Waals surface area contributed by atoms with Gasteiger partial charge in [-0.25, -0.2) is 4.79 Å². The standard InChI is InChI=1S/C16H16N2O3/c1-11(2)18-14-10-21-9-13(14)15(19)17(16(18)20)8-12-6-4-3-5-7-12/h3-7,9-11H,8H2,1-2H3. The van der Waals surface area contributed by atoms with Crippen LogP contribution in [0.15, 0.2) is 56.9 Å². The SMILES string of the molecule is CC(C)n1c(=O)n(Cc2ccccc2)c(=O)c2cocc21. The summed E-state index contributed by atoms with van der Waals surface area (Å²) < 4.78 is 7.97. The lowest BCUT2D eigenvalue weighted by atomic mass is 10.2. The molecule has 0 aliphatic carbocycles. The molecule has 0 bridgehead atoms. The lowest BCUT2D eigenvalue weighted by molar-refractivity contribution is 0.537. The number of furan rings is 1. The Bertz CT molecular complexity index is 885. The van der Waals surface area contributed by atoms with Crippen molar-refractivity contribution in [3.63, 3.8) is 0 Å². The molecule has 0 saturated carbocycles. The predicted octanol–water partition coefficient (Wildman–Crippen LogP) is 2.39. The topological polar surface area (TPSA) is 57.1 Å². The van der Waals surface area contributed by atoms with Crippen LogP contribution in [0.2, 0.25) is 0 Å². The normalized spacial score (nSPS) is 11.4. The van der Waals surface area contributed by atoms with Gasteiger partial charge in [0.2, 0.25) is 0 Å². The molecular weight excluding hydrogens is 268 g/mol. The maximum atomic E-state index is 12.6. The predicted molar refractivity (Wildman–Crippen MR) is 80.7 cm³/mol. The highest BCUT2D eigenvalue weighted by Crippen LogP contribution is 2.13. The minimum absolute atomic E-state index is 0.0553. The monoisotopic (exact) mass is 284 g/mol. The van der Waals surface area contributed by atoms with Gasteiger partial charge in [0.25, 0.3) is 5.56 Å². The summed E-state index contributed by atoms with van der Waals surface area (Å²) in [6.45, 7) is 4.07. The Balaban J connectivity index is 2.28. The molecule has 2 heterocycles. The maximum absolute atomic E-state index is 12.6. The van der Waals surface area contributed by atoms with Crippen LogP contribution < -0.4 is 11.2 Å². The first-order valence-corrected chi connectivity index (χ1v) is 6.84. The van der Waals surface area contributed by atoms with Gasteiger partial charge in [0.15, 0.2) is 0 Å². The number of nitrogens with zero attached hydrogens (tertiary/aromatic N) is 2. The minimum Gasteiger partial charge on any atom is -0.470 e. The van der Waals surface area contributed by atoms with Gasteiger partial charge < -0.3 is 4.42 Å². The lowest BCUT2D eigenvalue weighted by Gasteiger charge is -2.14. The van der Waals surface area contributed by atoms with E-state index in [0.29, 0.717) is 10.9 Å². The van der Waals surface area contributed by atoms with Crippen molar-refractivity contribution in [1.82, 2.24) is 9.13 Å². The van der Waals surface area contributed by atoms with Crippen molar-refractivity contribution >= 4 is 10.9 Å². The highest BCUT2D eigenvalue weighted by molar-refractivity contribution is 5.76. The Morgan fingerprint density at radius 2 is 1.81 bits per heavy atom. The van der Waals surface area contributed by atoms with Crippen LogP contribution in [0.25, 0.3) is 10.9 Å². The molecule has 0 unspecified atom stereocenters. The van der Waals surface area contributed by atoms with Gasteiger partial charge in [0.1, 0.15) is 17.9 Å². The van der Waals surface area contributed by atoms with Gasteiger partial charge in [-0.05, 0) is 19.4 Å². The van der Waals surface area contributed by atoms with E-state index < -0.39 is 0 Å². The molecule has 21 heavy (non-hydrogen) atoms. The lowest BCUT2D eigenvalue weighted by Crippen LogP contribution is -2.40. The molecule has 3 rings (SSSR count). The molecular formula is C16H16N2O3. The number of aromatic nitrogens is 2. The van der Waals surface area contributed by atoms with Crippen molar-refractivity contribution in [3.8, 4) is 0 Å². The molecule has 5 heteroatoms. The first-order chi connectivity index (χ1) is 10.1. The van der Waals surface area contributed by atoms with Gasteiger partial charge in [-0.2, -0.15) is 0 Å². The molecule has 3 aromatic rings. The van der Waals surface area contributed by atoms with Gasteiger partial charge in [-0.15, -0.1) is 0 Å². The van der Waals surface area contributed by atoms with Crippen molar-refractivity contribution < 1.29 is 4.42 Å². The third-order valence-electron chi connectivity index (χ3n) is 3.51. The second-order valence-corrected chi connectivity index (χ2v) is 5.29. The van der Waals surface area contributed by atoms with E-state index in [1.165, 1.54) is 17.1 Å². The molecule has 0 amide bonds. The van der Waals surface area contributed by atoms with E-state index in [0.717, 1.165) is 5.56 Å². The molecule has 1 aromatic carbocycles. The summed E-state index contributed by atoms with van der Waals surface area (Å²) in [7, 11) is 0. The van der Waals surface area contributed by atoms with E-state index in [-0.39, 0.29) is 23.8 Å². The fourth-order valence-electron chi connectivity index (χ4n) is 2.51. The van der Waals surface area contributed by atoms with Crippen molar-refractivity contribution in [2.24, 2.45) is 0 Å². The van der Waals surface area contributed by atoms with E-state index in [9.17, 15) is 9.59 Å². The molecule has 2 aromatic heterocycles. The Labute approximate surface area is 121 Å². The minimum atomic E-state index is -0.315. The number of hydrogen-bond donors (Lipinski definition) is 0. The molecule has 0 fully saturated rings. The Kier molecular flexibility index (Phi) is 3.25. The molecule has 5 nitrogen and oxygen atoms in total. The van der Waals surface area contributed by atoms with Crippen LogP contribution >= 0.6 is 0 Å². The smallest absolute Gasteiger partial charge is 0.332 e. The number of benzene rings is 1. The average molecular weight is 284 g/mol. The second-order valence-electron chi connectivity index (χ2n) is 5.29. The fraction of sp³-hybridized carbons (Fsp3) is 0.250. The summed E-state index contributed by atoms with van der Waals surface area (Å²) in [6.07, 6.45) is 2.85. The van der Waals surface area contributed by atoms with Crippen LogP contribution in [0.1, 0.15) is 25.5 Å². The van der Waals surface area contributed by atoms with E-state index in [2.05, 4.69) is 0 Å². The highest BCUT2D eigenvalue weighted by atomic mass is 16.3. The first-order valence-electron chi connectivity index (χ1n) is 6.84. The second kappa shape index (κ2) is 5.09. The molecule has 0 aliphatic heterocycles. The van der Waals surface area contributed by atoms with Crippen LogP contribution in [0.5, 0.6) is 0 Å². The van der Waals surface area contributed by atoms with Gasteiger partial charge >= 0.3 is 5.69 Å². The van der Waals surface area contributed by atoms with Crippen molar-refractivity contribution in [3.05, 3.63) is 69.3 Å². The van der Waals surface area contributed by atoms with Crippen molar-refractivity contribution in [2.75, 3.05) is 0 Å². The number of hydrogen-bond acceptors (Lipinski definition) is 3. The summed E-state index contributed by atoms with van der Waals surface area (Å²) in [4.78, 5) is 25.1. The number of fused-ring (bicyclic) bond motifs is 1. The van der Waals surface area contributed by atoms with Crippen LogP contribution in [0.4, 0.5) is 0 Å². The molecule has 0 atom stereocenters. The molecule has 0 spiro atoms. The third kappa shape index (κ3) is 2.20. The van der Waals surface area contributed by atoms with E-state index in [1.807, 2.05) is 44.2 Å². The van der Waals surface area contributed by atoms with Gasteiger partial charge in [0, 0.05) is 6.04 Å². The highest BCUT2D eigenvalue weighted by Gasteiger charge is 2.16. The van der Waals surface area contributed by atoms with Crippen molar-refractivity contribution in [2.45, 2.75) is 26.4 Å². The van der Waals surface area contributed by atoms with Gasteiger partial charge in [-0.1, -0.05) is 30.3 Å². The summed E-state index contributed by atoms with van der Waals surface area (Å²) in [5, 5.41) is 0.430. The van der Waals surface area contributed by atoms with Crippen LogP contribution in [-0.4, -0.2) is 9.13 Å². The van der Waals surface area contributed by atoms with Crippen LogP contribution in [0.3, 0.4) is 0 Å². The largest absolute Gasteiger partial charge is 0.470 e. The van der Waals surface area contributed by atoms with E-state index in [1.54, 1.807) is 4.57 Å². The van der Waals surface area contributed by atoms with Gasteiger partial charge in [0.05, 0.1) is 12.1 Å². The van der Waals surface area contributed by atoms with Crippen LogP contribution in [0, 0.1) is 0 Å². The summed E-state index contributed by atoms with van der Waals surface area (Å²) in [5.74, 6) is 0. The van der Waals surface area contributed by atoms with Crippen molar-refractivity contribution in [1.29, 1.82) is 0 Å². The fourth-order valence-corrected chi connectivity index (χ4v) is 2.51. The average Bonchev–Trinajstić information content (AvgIpc) is 2.93. The zero-order chi connectivity index (χ0) is 15.0. The molecule has 108 valence electrons. The molecule has 0 radical (unpaired) electrons. The first kappa shape index (κ1) is 13.4. The van der Waals surface area contributed by atoms with E-state index in [4.69, 9.17) is 4.42 Å². The Morgan fingerprint density at radius 3 is 2.48 bits per heavy atom. The Hall–Kier alpha value is -2.56. The summed E-state index contributed by atoms with van der Waals surface area (Å²) >= 11 is 0. The van der Waals surface area contributed by atoms with Crippen LogP contribution in [-0.2, 0) is 6.54 Å². The number of rotatable bonds is 3. The summed E-state index contributed by atoms with van der Waals surface area (Å²) in [5.41, 5.74) is 0.830. The maximum Gasteiger partial charge on any atom is 0.332 e. The molecule has 0 saturated heterocycles. The summed E-state index contributed by atoms with van der Waals surface area (Å²) in [6, 6.07) is 9.41. The zero-order valence-corrected chi connectivity index (χ0v) is 11.9.